The maximum absolute atomic E-state index is 11.1. The Hall–Kier alpha value is -8.83. The van der Waals surface area contributed by atoms with Crippen molar-refractivity contribution in [3.8, 4) is 28.6 Å². The van der Waals surface area contributed by atoms with Crippen molar-refractivity contribution in [3.05, 3.63) is 211 Å². The van der Waals surface area contributed by atoms with Crippen molar-refractivity contribution in [1.82, 2.24) is 9.13 Å². The van der Waals surface area contributed by atoms with Crippen LogP contribution in [0, 0.1) is 11.3 Å². The fourth-order valence-electron chi connectivity index (χ4n) is 13.4. The average Bonchev–Trinajstić information content (AvgIpc) is 4.26. The molecular weight excluding hydrogens is 942 g/mol. The van der Waals surface area contributed by atoms with Crippen molar-refractivity contribution in [2.45, 2.75) is 52.4 Å². The average molecular weight is 992 g/mol. The Labute approximate surface area is 445 Å². The van der Waals surface area contributed by atoms with Gasteiger partial charge in [0.25, 0.3) is 6.71 Å². The number of hydrogen-bond donors (Lipinski definition) is 0. The van der Waals surface area contributed by atoms with E-state index in [1.165, 1.54) is 102 Å². The van der Waals surface area contributed by atoms with Crippen LogP contribution in [-0.2, 0) is 10.8 Å². The molecule has 0 amide bonds. The maximum Gasteiger partial charge on any atom is 0.252 e. The minimum absolute atomic E-state index is 0.0145. The summed E-state index contributed by atoms with van der Waals surface area (Å²) >= 11 is 1.85. The fourth-order valence-corrected chi connectivity index (χ4v) is 14.5. The van der Waals surface area contributed by atoms with Gasteiger partial charge in [0.05, 0.1) is 50.8 Å². The quantitative estimate of drug-likeness (QED) is 0.166. The molecule has 0 radical (unpaired) electrons. The third-order valence-electron chi connectivity index (χ3n) is 16.9. The SMILES string of the molecule is CC(C)(C)c1ccc2c(c1)c1cc(C(C)(C)C)ccc1n2-c1ccc2c(c1)N(c1ccc(-c3cccc4sc5ccccc5c34)cc1)c1cc(C#N)cc3c1B2c1cccc2c1N3c1cccc3c4ccccc4n-2c13. The van der Waals surface area contributed by atoms with Gasteiger partial charge in [0.1, 0.15) is 0 Å². The number of fused-ring (bicyclic) bond motifs is 15. The van der Waals surface area contributed by atoms with Crippen LogP contribution in [0.2, 0.25) is 0 Å². The molecule has 5 nitrogen and oxygen atoms in total. The number of thiophene rings is 1. The van der Waals surface area contributed by atoms with Crippen LogP contribution >= 0.6 is 11.3 Å². The Balaban J connectivity index is 0.976. The van der Waals surface area contributed by atoms with Gasteiger partial charge in [-0.2, -0.15) is 5.26 Å². The highest BCUT2D eigenvalue weighted by atomic mass is 32.1. The van der Waals surface area contributed by atoms with Crippen molar-refractivity contribution in [1.29, 1.82) is 5.26 Å². The third kappa shape index (κ3) is 5.85. The Morgan fingerprint density at radius 1 is 0.447 bits per heavy atom. The molecule has 0 unspecified atom stereocenters. The fraction of sp³-hybridized carbons (Fsp3) is 0.116. The van der Waals surface area contributed by atoms with Crippen molar-refractivity contribution in [2.75, 3.05) is 9.80 Å². The van der Waals surface area contributed by atoms with E-state index in [1.54, 1.807) is 0 Å². The van der Waals surface area contributed by atoms with E-state index in [2.05, 4.69) is 261 Å². The first-order chi connectivity index (χ1) is 36.9. The van der Waals surface area contributed by atoms with E-state index < -0.39 is 0 Å². The molecule has 3 aliphatic heterocycles. The number of anilines is 6. The summed E-state index contributed by atoms with van der Waals surface area (Å²) in [6, 6.07) is 75.4. The van der Waals surface area contributed by atoms with Gasteiger partial charge in [0.15, 0.2) is 0 Å². The van der Waals surface area contributed by atoms with Crippen molar-refractivity contribution in [2.24, 2.45) is 0 Å². The van der Waals surface area contributed by atoms with Crippen LogP contribution in [0.5, 0.6) is 0 Å². The number of nitriles is 1. The van der Waals surface area contributed by atoms with E-state index in [0.29, 0.717) is 5.56 Å². The first-order valence-corrected chi connectivity index (χ1v) is 27.3. The number of nitrogens with zero attached hydrogens (tertiary/aromatic N) is 5. The predicted octanol–water partition coefficient (Wildman–Crippen LogP) is 16.8. The van der Waals surface area contributed by atoms with Gasteiger partial charge in [-0.25, -0.2) is 0 Å². The minimum atomic E-state index is -0.127. The van der Waals surface area contributed by atoms with Gasteiger partial charge < -0.3 is 18.9 Å². The molecule has 0 saturated carbocycles. The summed E-state index contributed by atoms with van der Waals surface area (Å²) in [5, 5.41) is 18.7. The molecule has 0 spiro atoms. The van der Waals surface area contributed by atoms with Crippen molar-refractivity contribution < 1.29 is 0 Å². The van der Waals surface area contributed by atoms with E-state index in [4.69, 9.17) is 0 Å². The van der Waals surface area contributed by atoms with E-state index >= 15 is 0 Å². The van der Waals surface area contributed by atoms with Crippen molar-refractivity contribution >= 4 is 132 Å². The van der Waals surface area contributed by atoms with E-state index in [1.807, 2.05) is 11.3 Å². The Morgan fingerprint density at radius 3 is 1.80 bits per heavy atom. The standard InChI is InChI=1S/C69H50BN5S/c1-68(2,3)42-26-32-55-50(36-42)51-37-43(69(4,5)6)27-33-56(51)73(55)45-30-31-52-59(38-45)72(44-28-24-41(25-29-44)46-16-12-23-63-64(46)49-15-8-10-22-62(49)76-63)60-34-40(39-71)35-61-65(60)70(52)53-18-13-21-58-67(53)75(61)57-20-11-17-48-47-14-7-9-19-54(47)74(58)66(48)57/h7-38H,1-6H3. The largest absolute Gasteiger partial charge is 0.311 e. The van der Waals surface area contributed by atoms with Crippen LogP contribution in [0.25, 0.3) is 86.3 Å². The lowest BCUT2D eigenvalue weighted by Gasteiger charge is -2.46. The van der Waals surface area contributed by atoms with Crippen LogP contribution < -0.4 is 26.2 Å². The normalized spacial score (nSPS) is 13.6. The molecule has 0 atom stereocenters. The first-order valence-electron chi connectivity index (χ1n) is 26.5. The van der Waals surface area contributed by atoms with Gasteiger partial charge in [-0.15, -0.1) is 11.3 Å². The Bertz CT molecular complexity index is 4690. The molecule has 0 bridgehead atoms. The molecule has 10 aromatic carbocycles. The first kappa shape index (κ1) is 43.6. The van der Waals surface area contributed by atoms with E-state index in [0.717, 1.165) is 45.5 Å². The minimum Gasteiger partial charge on any atom is -0.311 e. The van der Waals surface area contributed by atoms with E-state index in [-0.39, 0.29) is 17.5 Å². The molecule has 3 aliphatic rings. The zero-order valence-corrected chi connectivity index (χ0v) is 44.0. The van der Waals surface area contributed by atoms with Gasteiger partial charge in [-0.1, -0.05) is 145 Å². The number of rotatable bonds is 3. The van der Waals surface area contributed by atoms with Gasteiger partial charge in [-0.3, -0.25) is 0 Å². The summed E-state index contributed by atoms with van der Waals surface area (Å²) < 4.78 is 7.55. The second-order valence-electron chi connectivity index (χ2n) is 23.3. The molecular formula is C69H50BN5S. The molecule has 3 aromatic heterocycles. The second-order valence-corrected chi connectivity index (χ2v) is 24.3. The molecule has 13 aromatic rings. The van der Waals surface area contributed by atoms with Crippen LogP contribution in [0.1, 0.15) is 58.2 Å². The summed E-state index contributed by atoms with van der Waals surface area (Å²) in [6.07, 6.45) is 0. The van der Waals surface area contributed by atoms with Crippen LogP contribution in [0.15, 0.2) is 194 Å². The number of hydrogen-bond acceptors (Lipinski definition) is 4. The topological polar surface area (TPSA) is 40.1 Å². The van der Waals surface area contributed by atoms with Crippen LogP contribution in [0.3, 0.4) is 0 Å². The monoisotopic (exact) mass is 991 g/mol. The summed E-state index contributed by atoms with van der Waals surface area (Å²) in [4.78, 5) is 4.93. The summed E-state index contributed by atoms with van der Waals surface area (Å²) in [5.41, 5.74) is 22.7. The molecule has 7 heteroatoms. The van der Waals surface area contributed by atoms with Crippen molar-refractivity contribution in [3.63, 3.8) is 0 Å². The molecule has 360 valence electrons. The lowest BCUT2D eigenvalue weighted by atomic mass is 9.33. The lowest BCUT2D eigenvalue weighted by molar-refractivity contribution is 0.590. The smallest absolute Gasteiger partial charge is 0.252 e. The third-order valence-corrected chi connectivity index (χ3v) is 18.1. The molecule has 16 rings (SSSR count). The maximum atomic E-state index is 11.1. The highest BCUT2D eigenvalue weighted by molar-refractivity contribution is 7.26. The number of aromatic nitrogens is 2. The number of para-hydroxylation sites is 3. The molecule has 6 heterocycles. The molecule has 0 aliphatic carbocycles. The zero-order valence-electron chi connectivity index (χ0n) is 43.2. The van der Waals surface area contributed by atoms with E-state index in [9.17, 15) is 5.26 Å². The second kappa shape index (κ2) is 15.2. The summed E-state index contributed by atoms with van der Waals surface area (Å²) in [5.74, 6) is 0. The lowest BCUT2D eigenvalue weighted by Crippen LogP contribution is -2.61. The molecule has 76 heavy (non-hydrogen) atoms. The van der Waals surface area contributed by atoms with Crippen LogP contribution in [0.4, 0.5) is 34.1 Å². The number of benzene rings is 10. The van der Waals surface area contributed by atoms with Gasteiger partial charge in [0, 0.05) is 70.2 Å². The highest BCUT2D eigenvalue weighted by Gasteiger charge is 2.46. The molecule has 0 saturated heterocycles. The van der Waals surface area contributed by atoms with Gasteiger partial charge in [-0.05, 0) is 140 Å². The predicted molar refractivity (Wildman–Crippen MR) is 323 cm³/mol. The molecule has 0 N–H and O–H groups in total. The van der Waals surface area contributed by atoms with Gasteiger partial charge >= 0.3 is 0 Å². The highest BCUT2D eigenvalue weighted by Crippen LogP contribution is 2.53. The summed E-state index contributed by atoms with van der Waals surface area (Å²) in [6.45, 7) is 13.7. The molecule has 0 fully saturated rings. The zero-order chi connectivity index (χ0) is 51.1. The Kier molecular flexibility index (Phi) is 8.69. The van der Waals surface area contributed by atoms with Crippen LogP contribution in [-0.4, -0.2) is 15.8 Å². The van der Waals surface area contributed by atoms with Gasteiger partial charge in [0.2, 0.25) is 0 Å². The Morgan fingerprint density at radius 2 is 1.07 bits per heavy atom. The summed E-state index contributed by atoms with van der Waals surface area (Å²) in [7, 11) is 0.